The zero-order valence-electron chi connectivity index (χ0n) is 15.7. The molecule has 2 aromatic heterocycles. The average Bonchev–Trinajstić information content (AvgIpc) is 3.26. The number of imidazole rings is 1. The van der Waals surface area contributed by atoms with Gasteiger partial charge >= 0.3 is 0 Å². The zero-order chi connectivity index (χ0) is 20.1. The second-order valence-corrected chi connectivity index (χ2v) is 7.10. The quantitative estimate of drug-likeness (QED) is 0.508. The van der Waals surface area contributed by atoms with Gasteiger partial charge in [-0.25, -0.2) is 9.67 Å². The van der Waals surface area contributed by atoms with Gasteiger partial charge in [-0.3, -0.25) is 4.79 Å². The molecular weight excluding hydrogens is 386 g/mol. The van der Waals surface area contributed by atoms with E-state index in [9.17, 15) is 4.79 Å². The van der Waals surface area contributed by atoms with E-state index in [1.54, 1.807) is 18.7 Å². The van der Waals surface area contributed by atoms with E-state index < -0.39 is 0 Å². The smallest absolute Gasteiger partial charge is 0.287 e. The van der Waals surface area contributed by atoms with Crippen LogP contribution in [0.25, 0.3) is 0 Å². The highest BCUT2D eigenvalue weighted by Crippen LogP contribution is 2.17. The highest BCUT2D eigenvalue weighted by Gasteiger charge is 2.09. The fourth-order valence-electron chi connectivity index (χ4n) is 3.01. The molecule has 4 rings (SSSR count). The Kier molecular flexibility index (Phi) is 5.72. The Labute approximate surface area is 173 Å². The number of benzene rings is 2. The molecule has 0 fully saturated rings. The Morgan fingerprint density at radius 3 is 2.38 bits per heavy atom. The standard InChI is InChI=1S/C22H20ClN5O/c23-21-20(13-26-28(22(21)29)15-18-4-2-1-3-5-18)25-12-17-6-8-19(9-7-17)14-27-11-10-24-16-27/h1-11,13,16,25H,12,14-15H2. The van der Waals surface area contributed by atoms with Gasteiger partial charge in [0.15, 0.2) is 0 Å². The van der Waals surface area contributed by atoms with Crippen molar-refractivity contribution >= 4 is 17.3 Å². The highest BCUT2D eigenvalue weighted by atomic mass is 35.5. The Balaban J connectivity index is 1.40. The lowest BCUT2D eigenvalue weighted by Gasteiger charge is -2.11. The summed E-state index contributed by atoms with van der Waals surface area (Å²) >= 11 is 6.29. The molecule has 7 heteroatoms. The number of halogens is 1. The third-order valence-electron chi connectivity index (χ3n) is 4.59. The monoisotopic (exact) mass is 405 g/mol. The van der Waals surface area contributed by atoms with E-state index in [0.29, 0.717) is 18.8 Å². The van der Waals surface area contributed by atoms with Gasteiger partial charge in [0.05, 0.1) is 24.8 Å². The number of rotatable bonds is 7. The van der Waals surface area contributed by atoms with Gasteiger partial charge in [0.25, 0.3) is 5.56 Å². The van der Waals surface area contributed by atoms with Gasteiger partial charge in [0.2, 0.25) is 0 Å². The van der Waals surface area contributed by atoms with Crippen LogP contribution in [-0.4, -0.2) is 19.3 Å². The minimum atomic E-state index is -0.309. The van der Waals surface area contributed by atoms with Crippen LogP contribution in [0.4, 0.5) is 5.69 Å². The topological polar surface area (TPSA) is 64.7 Å². The minimum absolute atomic E-state index is 0.146. The van der Waals surface area contributed by atoms with E-state index in [4.69, 9.17) is 11.6 Å². The van der Waals surface area contributed by atoms with Crippen molar-refractivity contribution < 1.29 is 0 Å². The highest BCUT2D eigenvalue weighted by molar-refractivity contribution is 6.32. The molecule has 2 aromatic carbocycles. The minimum Gasteiger partial charge on any atom is -0.378 e. The van der Waals surface area contributed by atoms with E-state index in [-0.39, 0.29) is 10.6 Å². The van der Waals surface area contributed by atoms with Gasteiger partial charge in [-0.1, -0.05) is 66.2 Å². The van der Waals surface area contributed by atoms with Crippen LogP contribution >= 0.6 is 11.6 Å². The maximum atomic E-state index is 12.5. The fourth-order valence-corrected chi connectivity index (χ4v) is 3.22. The van der Waals surface area contributed by atoms with E-state index in [2.05, 4.69) is 39.7 Å². The summed E-state index contributed by atoms with van der Waals surface area (Å²) in [6.45, 7) is 1.72. The molecule has 0 aliphatic heterocycles. The molecule has 0 bridgehead atoms. The molecular formula is C22H20ClN5O. The molecule has 0 radical (unpaired) electrons. The first kappa shape index (κ1) is 19.0. The lowest BCUT2D eigenvalue weighted by molar-refractivity contribution is 0.640. The lowest BCUT2D eigenvalue weighted by Crippen LogP contribution is -2.24. The molecule has 0 amide bonds. The first-order valence-electron chi connectivity index (χ1n) is 9.26. The van der Waals surface area contributed by atoms with Gasteiger partial charge in [-0.2, -0.15) is 5.10 Å². The Hall–Kier alpha value is -3.38. The number of anilines is 1. The summed E-state index contributed by atoms with van der Waals surface area (Å²) in [7, 11) is 0. The number of hydrogen-bond donors (Lipinski definition) is 1. The molecule has 0 unspecified atom stereocenters. The van der Waals surface area contributed by atoms with Gasteiger partial charge in [-0.05, 0) is 16.7 Å². The Morgan fingerprint density at radius 1 is 0.931 bits per heavy atom. The fraction of sp³-hybridized carbons (Fsp3) is 0.136. The molecule has 4 aromatic rings. The first-order chi connectivity index (χ1) is 14.2. The van der Waals surface area contributed by atoms with E-state index in [1.807, 2.05) is 41.1 Å². The molecule has 6 nitrogen and oxygen atoms in total. The number of nitrogens with one attached hydrogen (secondary N) is 1. The van der Waals surface area contributed by atoms with E-state index >= 15 is 0 Å². The molecule has 2 heterocycles. The molecule has 0 atom stereocenters. The third kappa shape index (κ3) is 4.73. The summed E-state index contributed by atoms with van der Waals surface area (Å²) in [5.41, 5.74) is 3.49. The van der Waals surface area contributed by atoms with Crippen molar-refractivity contribution in [2.75, 3.05) is 5.32 Å². The van der Waals surface area contributed by atoms with Crippen LogP contribution in [0.2, 0.25) is 5.02 Å². The summed E-state index contributed by atoms with van der Waals surface area (Å²) in [6, 6.07) is 18.0. The molecule has 0 aliphatic carbocycles. The van der Waals surface area contributed by atoms with Crippen LogP contribution in [0.3, 0.4) is 0 Å². The van der Waals surface area contributed by atoms with Crippen LogP contribution in [0.15, 0.2) is 84.3 Å². The van der Waals surface area contributed by atoms with Crippen molar-refractivity contribution in [2.24, 2.45) is 0 Å². The van der Waals surface area contributed by atoms with Crippen LogP contribution in [0.5, 0.6) is 0 Å². The first-order valence-corrected chi connectivity index (χ1v) is 9.64. The van der Waals surface area contributed by atoms with Crippen molar-refractivity contribution in [3.05, 3.63) is 112 Å². The number of nitrogens with zero attached hydrogens (tertiary/aromatic N) is 4. The molecule has 0 spiro atoms. The van der Waals surface area contributed by atoms with E-state index in [0.717, 1.165) is 17.7 Å². The van der Waals surface area contributed by atoms with Crippen molar-refractivity contribution in [3.8, 4) is 0 Å². The van der Waals surface area contributed by atoms with Crippen LogP contribution in [0, 0.1) is 0 Å². The molecule has 0 aliphatic rings. The summed E-state index contributed by atoms with van der Waals surface area (Å²) in [5, 5.41) is 7.60. The molecule has 0 saturated carbocycles. The second kappa shape index (κ2) is 8.75. The van der Waals surface area contributed by atoms with Gasteiger partial charge in [0, 0.05) is 25.5 Å². The number of aromatic nitrogens is 4. The van der Waals surface area contributed by atoms with E-state index in [1.165, 1.54) is 10.2 Å². The molecule has 29 heavy (non-hydrogen) atoms. The molecule has 1 N–H and O–H groups in total. The number of hydrogen-bond acceptors (Lipinski definition) is 4. The largest absolute Gasteiger partial charge is 0.378 e. The van der Waals surface area contributed by atoms with Gasteiger partial charge in [-0.15, -0.1) is 0 Å². The summed E-state index contributed by atoms with van der Waals surface area (Å²) in [5.74, 6) is 0. The Bertz CT molecular complexity index is 1120. The van der Waals surface area contributed by atoms with Crippen molar-refractivity contribution in [1.29, 1.82) is 0 Å². The Morgan fingerprint density at radius 2 is 1.66 bits per heavy atom. The summed E-state index contributed by atoms with van der Waals surface area (Å²) in [6.07, 6.45) is 7.10. The van der Waals surface area contributed by atoms with Gasteiger partial charge < -0.3 is 9.88 Å². The summed E-state index contributed by atoms with van der Waals surface area (Å²) in [4.78, 5) is 16.6. The van der Waals surface area contributed by atoms with Crippen molar-refractivity contribution in [2.45, 2.75) is 19.6 Å². The maximum absolute atomic E-state index is 12.5. The van der Waals surface area contributed by atoms with Crippen LogP contribution < -0.4 is 10.9 Å². The predicted octanol–water partition coefficient (Wildman–Crippen LogP) is 3.80. The third-order valence-corrected chi connectivity index (χ3v) is 4.96. The SMILES string of the molecule is O=c1c(Cl)c(NCc2ccc(Cn3ccnc3)cc2)cnn1Cc1ccccc1. The molecule has 146 valence electrons. The predicted molar refractivity (Wildman–Crippen MR) is 114 cm³/mol. The van der Waals surface area contributed by atoms with Crippen molar-refractivity contribution in [3.63, 3.8) is 0 Å². The van der Waals surface area contributed by atoms with Crippen LogP contribution in [-0.2, 0) is 19.6 Å². The summed E-state index contributed by atoms with van der Waals surface area (Å²) < 4.78 is 3.39. The lowest BCUT2D eigenvalue weighted by atomic mass is 10.1. The normalized spacial score (nSPS) is 10.8. The van der Waals surface area contributed by atoms with Crippen molar-refractivity contribution in [1.82, 2.24) is 19.3 Å². The van der Waals surface area contributed by atoms with Crippen LogP contribution in [0.1, 0.15) is 16.7 Å². The maximum Gasteiger partial charge on any atom is 0.287 e. The molecule has 0 saturated heterocycles. The van der Waals surface area contributed by atoms with Gasteiger partial charge in [0.1, 0.15) is 5.02 Å². The second-order valence-electron chi connectivity index (χ2n) is 6.73. The zero-order valence-corrected chi connectivity index (χ0v) is 16.5. The average molecular weight is 406 g/mol.